The number of nitrogens with zero attached hydrogens (tertiary/aromatic N) is 2. The summed E-state index contributed by atoms with van der Waals surface area (Å²) in [6.07, 6.45) is 3.03. The molecule has 0 radical (unpaired) electrons. The number of thiazole rings is 1. The number of carbonyl (C=O) groups excluding carboxylic acids is 1. The van der Waals surface area contributed by atoms with Gasteiger partial charge in [-0.3, -0.25) is 4.79 Å². The van der Waals surface area contributed by atoms with E-state index in [1.54, 1.807) is 30.3 Å². The van der Waals surface area contributed by atoms with E-state index in [1.807, 2.05) is 88.3 Å². The molecule has 12 nitrogen and oxygen atoms in total. The second-order valence-electron chi connectivity index (χ2n) is 13.7. The molecule has 1 unspecified atom stereocenters. The summed E-state index contributed by atoms with van der Waals surface area (Å²) in [5, 5.41) is 23.8. The summed E-state index contributed by atoms with van der Waals surface area (Å²) < 4.78 is 78.4. The molecule has 1 aliphatic rings. The smallest absolute Gasteiger partial charge is 0.748 e. The van der Waals surface area contributed by atoms with Gasteiger partial charge < -0.3 is 29.0 Å². The molecule has 0 aliphatic carbocycles. The van der Waals surface area contributed by atoms with Crippen molar-refractivity contribution >= 4 is 70.1 Å². The first-order valence-corrected chi connectivity index (χ1v) is 22.0. The molecule has 1 aromatic heterocycles. The van der Waals surface area contributed by atoms with E-state index in [2.05, 4.69) is 0 Å². The van der Waals surface area contributed by atoms with Crippen LogP contribution in [0.3, 0.4) is 0 Å². The van der Waals surface area contributed by atoms with Gasteiger partial charge in [0.25, 0.3) is 5.01 Å². The number of ether oxygens (including phenoxy) is 1. The van der Waals surface area contributed by atoms with Gasteiger partial charge in [-0.1, -0.05) is 78.1 Å². The molecule has 2 heterocycles. The van der Waals surface area contributed by atoms with E-state index in [9.17, 15) is 40.9 Å². The Morgan fingerprint density at radius 2 is 1.60 bits per heavy atom. The Labute approximate surface area is 362 Å². The third kappa shape index (κ3) is 10.4. The number of aromatic nitrogens is 1. The Bertz CT molecular complexity index is 2770. The summed E-state index contributed by atoms with van der Waals surface area (Å²) in [6, 6.07) is 32.4. The number of hydrogen-bond donors (Lipinski definition) is 2. The number of rotatable bonds is 15. The molecule has 1 aliphatic heterocycles. The van der Waals surface area contributed by atoms with Gasteiger partial charge in [-0.05, 0) is 78.2 Å². The molecule has 0 bridgehead atoms. The number of aliphatic hydroxyl groups is 1. The molecule has 16 heteroatoms. The van der Waals surface area contributed by atoms with Crippen LogP contribution in [0, 0.1) is 0 Å². The zero-order chi connectivity index (χ0) is 40.3. The van der Waals surface area contributed by atoms with Gasteiger partial charge in [0.2, 0.25) is 11.4 Å². The first-order chi connectivity index (χ1) is 27.2. The van der Waals surface area contributed by atoms with Crippen LogP contribution in [0.5, 0.6) is 11.5 Å². The Morgan fingerprint density at radius 3 is 2.34 bits per heavy atom. The number of benzene rings is 5. The fourth-order valence-corrected chi connectivity index (χ4v) is 9.20. The molecule has 1 atom stereocenters. The van der Waals surface area contributed by atoms with Crippen LogP contribution in [0.15, 0.2) is 127 Å². The van der Waals surface area contributed by atoms with E-state index in [0.717, 1.165) is 32.1 Å². The number of phenols is 1. The predicted molar refractivity (Wildman–Crippen MR) is 216 cm³/mol. The van der Waals surface area contributed by atoms with Crippen molar-refractivity contribution in [3.63, 3.8) is 0 Å². The van der Waals surface area contributed by atoms with E-state index in [-0.39, 0.29) is 65.9 Å². The Hall–Kier alpha value is -4.42. The van der Waals surface area contributed by atoms with Crippen molar-refractivity contribution in [2.24, 2.45) is 0 Å². The van der Waals surface area contributed by atoms with Gasteiger partial charge in [-0.2, -0.15) is 4.57 Å². The minimum absolute atomic E-state index is 0. The Balaban J connectivity index is 0.00000567. The summed E-state index contributed by atoms with van der Waals surface area (Å²) in [6.45, 7) is 0.0485. The maximum absolute atomic E-state index is 13.5. The monoisotopic (exact) mass is 848 g/mol. The van der Waals surface area contributed by atoms with Crippen LogP contribution < -0.4 is 43.8 Å². The molecule has 5 aromatic carbocycles. The summed E-state index contributed by atoms with van der Waals surface area (Å²) in [4.78, 5) is 15.3. The second-order valence-corrected chi connectivity index (χ2v) is 17.7. The molecular weight excluding hydrogens is 812 g/mol. The zero-order valence-corrected chi connectivity index (χ0v) is 35.8. The van der Waals surface area contributed by atoms with Crippen LogP contribution in [0.25, 0.3) is 27.1 Å². The predicted octanol–water partition coefficient (Wildman–Crippen LogP) is 2.88. The van der Waals surface area contributed by atoms with E-state index in [0.29, 0.717) is 35.2 Å². The molecule has 6 aromatic rings. The third-order valence-electron chi connectivity index (χ3n) is 9.44. The van der Waals surface area contributed by atoms with Crippen molar-refractivity contribution < 1.29 is 79.8 Å². The number of phenolic OH excluding ortho intramolecular Hbond substituents is 1. The van der Waals surface area contributed by atoms with E-state index >= 15 is 0 Å². The Morgan fingerprint density at radius 1 is 0.879 bits per heavy atom. The van der Waals surface area contributed by atoms with E-state index < -0.39 is 43.6 Å². The summed E-state index contributed by atoms with van der Waals surface area (Å²) >= 11 is 1.43. The number of para-hydroxylation sites is 1. The molecule has 0 saturated heterocycles. The van der Waals surface area contributed by atoms with E-state index in [1.165, 1.54) is 23.5 Å². The second kappa shape index (κ2) is 18.2. The van der Waals surface area contributed by atoms with Gasteiger partial charge in [0.15, 0.2) is 18.1 Å². The average molecular weight is 849 g/mol. The number of anilines is 1. The molecule has 0 saturated carbocycles. The first-order valence-electron chi connectivity index (χ1n) is 18.0. The molecule has 0 spiro atoms. The maximum atomic E-state index is 13.5. The molecule has 7 rings (SSSR count). The molecule has 0 amide bonds. The van der Waals surface area contributed by atoms with Gasteiger partial charge in [0.1, 0.15) is 16.6 Å². The molecule has 2 N–H and O–H groups in total. The number of allylic oxidation sites excluding steroid dienone is 2. The summed E-state index contributed by atoms with van der Waals surface area (Å²) in [5.74, 6) is -1.30. The van der Waals surface area contributed by atoms with Crippen LogP contribution in [-0.4, -0.2) is 66.1 Å². The average Bonchev–Trinajstić information content (AvgIpc) is 3.68. The molecule has 58 heavy (non-hydrogen) atoms. The maximum Gasteiger partial charge on any atom is 1.00 e. The first kappa shape index (κ1) is 43.2. The summed E-state index contributed by atoms with van der Waals surface area (Å²) in [5.41, 5.74) is 3.38. The van der Waals surface area contributed by atoms with E-state index in [4.69, 9.17) is 4.74 Å². The van der Waals surface area contributed by atoms with Gasteiger partial charge in [-0.25, -0.2) is 16.8 Å². The minimum atomic E-state index is -4.73. The number of ketones is 1. The molecule has 0 fully saturated rings. The zero-order valence-electron chi connectivity index (χ0n) is 31.4. The number of unbranched alkanes of at least 4 members (excludes halogenated alkanes) is 1. The minimum Gasteiger partial charge on any atom is -0.748 e. The normalized spacial score (nSPS) is 14.4. The van der Waals surface area contributed by atoms with Crippen molar-refractivity contribution in [2.75, 3.05) is 23.0 Å². The van der Waals surface area contributed by atoms with Gasteiger partial charge >= 0.3 is 29.6 Å². The number of aliphatic hydroxyl groups excluding tert-OH is 1. The van der Waals surface area contributed by atoms with Crippen molar-refractivity contribution in [2.45, 2.75) is 31.9 Å². The third-order valence-corrected chi connectivity index (χ3v) is 12.1. The largest absolute Gasteiger partial charge is 1.00 e. The van der Waals surface area contributed by atoms with Gasteiger partial charge in [-0.15, -0.1) is 0 Å². The van der Waals surface area contributed by atoms with Gasteiger partial charge in [0, 0.05) is 30.0 Å². The van der Waals surface area contributed by atoms with Crippen LogP contribution in [0.2, 0.25) is 0 Å². The fraction of sp³-hybridized carbons (Fsp3) is 0.190. The quantitative estimate of drug-likeness (QED) is 0.0509. The Kier molecular flexibility index (Phi) is 13.6. The standard InChI is InChI=1S/C42H38N2O10S3.Na/c45-32(27-57(51,52)53)26-44-40(55-38-19-17-30-12-4-5-13-33(30)41(38)44)24-29(22-28-10-2-1-3-11-28)23-39-43(20-8-9-21-56(48,49)50)35-25-31(16-18-37(35)54-39)42(47)34-14-6-7-15-36(34)46;/h1-7,10-19,23-25,32,45H,8-9,20-22,26-27H2,(H2-,46,47,48,49,50,51,52,53);/q;+1/p-1. The fourth-order valence-electron chi connectivity index (χ4n) is 6.90. The van der Waals surface area contributed by atoms with Crippen LogP contribution in [-0.2, 0) is 33.2 Å². The van der Waals surface area contributed by atoms with Crippen LogP contribution in [0.1, 0.15) is 39.3 Å². The number of hydrogen-bond acceptors (Lipinski definition) is 12. The van der Waals surface area contributed by atoms with Crippen molar-refractivity contribution in [1.29, 1.82) is 0 Å². The number of carbonyl (C=O) groups is 1. The SMILES string of the molecule is O=C(c1ccc2c(c1)N(CCCCS(=O)(=O)[O-])/C(=C/C(=C/c1sc3ccc4ccccc4c3[n+]1CC(O)CS(=O)(=O)[O-])Cc1ccccc1)O2)c1ccccc1O.[Na+]. The van der Waals surface area contributed by atoms with Crippen molar-refractivity contribution in [3.05, 3.63) is 148 Å². The number of aromatic hydroxyl groups is 1. The van der Waals surface area contributed by atoms with Crippen LogP contribution in [0.4, 0.5) is 5.69 Å². The van der Waals surface area contributed by atoms with Crippen molar-refractivity contribution in [3.8, 4) is 11.5 Å². The van der Waals surface area contributed by atoms with Gasteiger partial charge in [0.05, 0.1) is 42.6 Å². The summed E-state index contributed by atoms with van der Waals surface area (Å²) in [7, 11) is -9.18. The van der Waals surface area contributed by atoms with Crippen LogP contribution >= 0.6 is 11.3 Å². The molecule has 294 valence electrons. The molecular formula is C42H37N2NaO10S3. The number of fused-ring (bicyclic) bond motifs is 4. The topological polar surface area (TPSA) is 188 Å². The van der Waals surface area contributed by atoms with Crippen molar-refractivity contribution in [1.82, 2.24) is 0 Å².